The van der Waals surface area contributed by atoms with Gasteiger partial charge in [-0.05, 0) is 61.8 Å². The number of esters is 1. The number of ether oxygens (including phenoxy) is 1. The molecule has 0 radical (unpaired) electrons. The fourth-order valence-electron chi connectivity index (χ4n) is 3.76. The number of benzene rings is 2. The Hall–Kier alpha value is -2.92. The molecule has 0 aliphatic carbocycles. The summed E-state index contributed by atoms with van der Waals surface area (Å²) in [6.45, 7) is 1.94. The van der Waals surface area contributed by atoms with E-state index in [1.165, 1.54) is 6.07 Å². The Kier molecular flexibility index (Phi) is 5.72. The van der Waals surface area contributed by atoms with Crippen molar-refractivity contribution in [2.75, 3.05) is 13.1 Å². The summed E-state index contributed by atoms with van der Waals surface area (Å²) in [5, 5.41) is 0.0997. The van der Waals surface area contributed by atoms with Gasteiger partial charge >= 0.3 is 12.1 Å². The smallest absolute Gasteiger partial charge is 0.418 e. The topological polar surface area (TPSA) is 68.6 Å². The third-order valence-corrected chi connectivity index (χ3v) is 6.93. The highest BCUT2D eigenvalue weighted by Gasteiger charge is 2.42. The summed E-state index contributed by atoms with van der Waals surface area (Å²) < 4.78 is 83.6. The average Bonchev–Trinajstić information content (AvgIpc) is 3.36. The van der Waals surface area contributed by atoms with Crippen molar-refractivity contribution in [3.63, 3.8) is 0 Å². The van der Waals surface area contributed by atoms with Gasteiger partial charge in [0.2, 0.25) is 0 Å². The number of carbonyl (C=O) groups excluding carboxylic acids is 1. The number of rotatable bonds is 5. The first-order valence-corrected chi connectivity index (χ1v) is 11.2. The van der Waals surface area contributed by atoms with Crippen molar-refractivity contribution in [2.45, 2.75) is 30.5 Å². The lowest BCUT2D eigenvalue weighted by Gasteiger charge is -2.16. The van der Waals surface area contributed by atoms with Crippen LogP contribution in [0.4, 0.5) is 17.6 Å². The maximum Gasteiger partial charge on any atom is 0.491 e. The number of nitrogens with zero attached hydrogens (tertiary/aromatic N) is 2. The Bertz CT molecular complexity index is 1260. The standard InChI is InChI=1S/C21H18F4N2O4S/c22-15-6-8-16(9-7-15)32(29,30)27-13-18(31-20(28)21(23,24)25)19-14(4-3-5-17(19)27)12-26-10-1-2-11-26/h3-9,13H,1-2,10-12H2. The summed E-state index contributed by atoms with van der Waals surface area (Å²) in [4.78, 5) is 13.4. The zero-order chi connectivity index (χ0) is 23.1. The second kappa shape index (κ2) is 8.21. The van der Waals surface area contributed by atoms with E-state index in [1.807, 2.05) is 0 Å². The van der Waals surface area contributed by atoms with Gasteiger partial charge in [-0.2, -0.15) is 13.2 Å². The predicted octanol–water partition coefficient (Wildman–Crippen LogP) is 4.08. The molecule has 1 fully saturated rings. The largest absolute Gasteiger partial charge is 0.491 e. The number of fused-ring (bicyclic) bond motifs is 1. The lowest BCUT2D eigenvalue weighted by atomic mass is 10.1. The predicted molar refractivity (Wildman–Crippen MR) is 107 cm³/mol. The average molecular weight is 470 g/mol. The van der Waals surface area contributed by atoms with Gasteiger partial charge in [0.15, 0.2) is 5.75 Å². The molecule has 0 spiro atoms. The Morgan fingerprint density at radius 1 is 1.03 bits per heavy atom. The molecule has 0 amide bonds. The lowest BCUT2D eigenvalue weighted by Crippen LogP contribution is -2.28. The van der Waals surface area contributed by atoms with E-state index >= 15 is 0 Å². The SMILES string of the molecule is O=C(Oc1cn(S(=O)(=O)c2ccc(F)cc2)c2cccc(CN3CCCC3)c12)C(F)(F)F. The maximum atomic E-state index is 13.3. The molecule has 0 bridgehead atoms. The van der Waals surface area contributed by atoms with Crippen LogP contribution in [0.2, 0.25) is 0 Å². The van der Waals surface area contributed by atoms with Gasteiger partial charge in [-0.3, -0.25) is 4.90 Å². The minimum Gasteiger partial charge on any atom is -0.418 e. The number of hydrogen-bond acceptors (Lipinski definition) is 5. The summed E-state index contributed by atoms with van der Waals surface area (Å²) in [6, 6.07) is 8.66. The second-order valence-electron chi connectivity index (χ2n) is 7.43. The number of alkyl halides is 3. The van der Waals surface area contributed by atoms with Gasteiger partial charge in [0, 0.05) is 11.9 Å². The highest BCUT2D eigenvalue weighted by molar-refractivity contribution is 7.90. The lowest BCUT2D eigenvalue weighted by molar-refractivity contribution is -0.189. The molecular formula is C21H18F4N2O4S. The van der Waals surface area contributed by atoms with Crippen LogP contribution in [0.3, 0.4) is 0 Å². The van der Waals surface area contributed by atoms with Gasteiger partial charge < -0.3 is 4.74 Å². The van der Waals surface area contributed by atoms with Crippen molar-refractivity contribution < 1.29 is 35.5 Å². The summed E-state index contributed by atoms with van der Waals surface area (Å²) in [5.74, 6) is -3.61. The first-order chi connectivity index (χ1) is 15.1. The Morgan fingerprint density at radius 3 is 2.31 bits per heavy atom. The van der Waals surface area contributed by atoms with Crippen molar-refractivity contribution >= 4 is 26.9 Å². The van der Waals surface area contributed by atoms with Crippen LogP contribution in [0, 0.1) is 5.82 Å². The van der Waals surface area contributed by atoms with Crippen LogP contribution in [0.15, 0.2) is 53.6 Å². The fourth-order valence-corrected chi connectivity index (χ4v) is 5.12. The van der Waals surface area contributed by atoms with Crippen molar-refractivity contribution in [3.8, 4) is 5.75 Å². The van der Waals surface area contributed by atoms with Crippen molar-refractivity contribution in [2.24, 2.45) is 0 Å². The highest BCUT2D eigenvalue weighted by atomic mass is 32.2. The van der Waals surface area contributed by atoms with E-state index in [1.54, 1.807) is 12.1 Å². The van der Waals surface area contributed by atoms with Crippen LogP contribution < -0.4 is 4.74 Å². The second-order valence-corrected chi connectivity index (χ2v) is 9.24. The van der Waals surface area contributed by atoms with E-state index in [0.717, 1.165) is 60.4 Å². The van der Waals surface area contributed by atoms with E-state index in [0.29, 0.717) is 12.1 Å². The third kappa shape index (κ3) is 4.22. The summed E-state index contributed by atoms with van der Waals surface area (Å²) >= 11 is 0. The number of aromatic nitrogens is 1. The number of halogens is 4. The molecule has 1 aromatic heterocycles. The zero-order valence-electron chi connectivity index (χ0n) is 16.6. The molecule has 2 heterocycles. The monoisotopic (exact) mass is 470 g/mol. The minimum absolute atomic E-state index is 0.0518. The van der Waals surface area contributed by atoms with Crippen LogP contribution in [-0.4, -0.2) is 42.5 Å². The number of carbonyl (C=O) groups is 1. The molecule has 2 aromatic carbocycles. The molecular weight excluding hydrogens is 452 g/mol. The molecule has 0 atom stereocenters. The third-order valence-electron chi connectivity index (χ3n) is 5.24. The van der Waals surface area contributed by atoms with Gasteiger partial charge in [-0.25, -0.2) is 21.6 Å². The molecule has 4 rings (SSSR count). The Labute approximate surface area is 181 Å². The maximum absolute atomic E-state index is 13.3. The molecule has 32 heavy (non-hydrogen) atoms. The quantitative estimate of drug-likeness (QED) is 0.415. The molecule has 11 heteroatoms. The molecule has 1 aliphatic heterocycles. The van der Waals surface area contributed by atoms with Crippen LogP contribution in [-0.2, 0) is 21.4 Å². The first kappa shape index (κ1) is 22.3. The van der Waals surface area contributed by atoms with Gasteiger partial charge in [-0.15, -0.1) is 0 Å². The van der Waals surface area contributed by atoms with Crippen molar-refractivity contribution in [3.05, 3.63) is 60.0 Å². The molecule has 0 unspecified atom stereocenters. The van der Waals surface area contributed by atoms with E-state index in [4.69, 9.17) is 0 Å². The van der Waals surface area contributed by atoms with Crippen LogP contribution >= 0.6 is 0 Å². The van der Waals surface area contributed by atoms with E-state index in [-0.39, 0.29) is 15.8 Å². The van der Waals surface area contributed by atoms with Crippen molar-refractivity contribution in [1.82, 2.24) is 8.87 Å². The normalized spacial score (nSPS) is 15.4. The van der Waals surface area contributed by atoms with Crippen molar-refractivity contribution in [1.29, 1.82) is 0 Å². The van der Waals surface area contributed by atoms with E-state index in [9.17, 15) is 30.8 Å². The summed E-state index contributed by atoms with van der Waals surface area (Å²) in [5.41, 5.74) is 0.582. The van der Waals surface area contributed by atoms with Gasteiger partial charge in [0.25, 0.3) is 10.0 Å². The highest BCUT2D eigenvalue weighted by Crippen LogP contribution is 2.36. The molecule has 3 aromatic rings. The molecule has 6 nitrogen and oxygen atoms in total. The van der Waals surface area contributed by atoms with Crippen LogP contribution in [0.5, 0.6) is 5.75 Å². The van der Waals surface area contributed by atoms with Gasteiger partial charge in [-0.1, -0.05) is 12.1 Å². The Balaban J connectivity index is 1.88. The molecule has 1 aliphatic rings. The number of likely N-dealkylation sites (tertiary alicyclic amines) is 1. The van der Waals surface area contributed by atoms with Gasteiger partial charge in [0.1, 0.15) is 5.82 Å². The van der Waals surface area contributed by atoms with E-state index in [2.05, 4.69) is 9.64 Å². The zero-order valence-corrected chi connectivity index (χ0v) is 17.4. The Morgan fingerprint density at radius 2 is 1.69 bits per heavy atom. The van der Waals surface area contributed by atoms with E-state index < -0.39 is 33.7 Å². The molecule has 0 saturated carbocycles. The van der Waals surface area contributed by atoms with Crippen LogP contribution in [0.1, 0.15) is 18.4 Å². The first-order valence-electron chi connectivity index (χ1n) is 9.73. The van der Waals surface area contributed by atoms with Crippen LogP contribution in [0.25, 0.3) is 10.9 Å². The number of hydrogen-bond donors (Lipinski definition) is 0. The minimum atomic E-state index is -5.26. The summed E-state index contributed by atoms with van der Waals surface area (Å²) in [7, 11) is -4.31. The fraction of sp³-hybridized carbons (Fsp3) is 0.286. The molecule has 1 saturated heterocycles. The molecule has 170 valence electrons. The van der Waals surface area contributed by atoms with Gasteiger partial charge in [0.05, 0.1) is 16.6 Å². The summed E-state index contributed by atoms with van der Waals surface area (Å²) in [6.07, 6.45) is -2.45. The molecule has 0 N–H and O–H groups in total.